The highest BCUT2D eigenvalue weighted by atomic mass is 16.4. The molecule has 0 aliphatic heterocycles. The molecule has 0 heterocycles. The molecule has 0 aliphatic rings. The number of rotatable bonds is 6. The Balaban J connectivity index is 3.79. The molecule has 0 unspecified atom stereocenters. The SMILES string of the molecule is C/C(CC[C@H](C)CC(=O)O)=N\NC(N)=O. The standard InChI is InChI=1S/C9H17N3O3/c1-6(5-8(13)14)3-4-7(2)11-12-9(10)15/h6H,3-5H2,1-2H3,(H,13,14)(H3,10,12,15)/b11-7+/t6-/m0/s1. The molecule has 0 radical (unpaired) electrons. The van der Waals surface area contributed by atoms with E-state index in [1.165, 1.54) is 0 Å². The molecular formula is C9H17N3O3. The summed E-state index contributed by atoms with van der Waals surface area (Å²) in [5, 5.41) is 12.2. The predicted octanol–water partition coefficient (Wildman–Crippen LogP) is 0.922. The summed E-state index contributed by atoms with van der Waals surface area (Å²) in [5.41, 5.74) is 7.68. The molecular weight excluding hydrogens is 198 g/mol. The normalized spacial score (nSPS) is 13.3. The molecule has 0 aromatic carbocycles. The van der Waals surface area contributed by atoms with Gasteiger partial charge in [0, 0.05) is 12.1 Å². The summed E-state index contributed by atoms with van der Waals surface area (Å²) in [7, 11) is 0. The van der Waals surface area contributed by atoms with Crippen molar-refractivity contribution in [2.45, 2.75) is 33.1 Å². The summed E-state index contributed by atoms with van der Waals surface area (Å²) in [6, 6.07) is -0.701. The van der Waals surface area contributed by atoms with Crippen molar-refractivity contribution >= 4 is 17.7 Å². The number of carbonyl (C=O) groups is 2. The molecule has 4 N–H and O–H groups in total. The van der Waals surface area contributed by atoms with Gasteiger partial charge >= 0.3 is 12.0 Å². The van der Waals surface area contributed by atoms with Gasteiger partial charge in [0.15, 0.2) is 0 Å². The minimum atomic E-state index is -0.799. The Morgan fingerprint density at radius 3 is 2.60 bits per heavy atom. The van der Waals surface area contributed by atoms with Gasteiger partial charge in [-0.25, -0.2) is 10.2 Å². The lowest BCUT2D eigenvalue weighted by Gasteiger charge is -2.07. The van der Waals surface area contributed by atoms with Crippen LogP contribution >= 0.6 is 0 Å². The third-order valence-electron chi connectivity index (χ3n) is 1.88. The lowest BCUT2D eigenvalue weighted by Crippen LogP contribution is -2.25. The van der Waals surface area contributed by atoms with E-state index in [9.17, 15) is 9.59 Å². The third kappa shape index (κ3) is 8.73. The van der Waals surface area contributed by atoms with Crippen molar-refractivity contribution in [1.82, 2.24) is 5.43 Å². The molecule has 0 aliphatic carbocycles. The fourth-order valence-electron chi connectivity index (χ4n) is 1.06. The molecule has 0 bridgehead atoms. The molecule has 2 amide bonds. The lowest BCUT2D eigenvalue weighted by molar-refractivity contribution is -0.138. The van der Waals surface area contributed by atoms with E-state index in [1.807, 2.05) is 6.92 Å². The van der Waals surface area contributed by atoms with Crippen molar-refractivity contribution in [1.29, 1.82) is 0 Å². The topological polar surface area (TPSA) is 105 Å². The Hall–Kier alpha value is -1.59. The first-order valence-electron chi connectivity index (χ1n) is 4.72. The number of nitrogens with two attached hydrogens (primary N) is 1. The maximum absolute atomic E-state index is 10.4. The smallest absolute Gasteiger partial charge is 0.332 e. The van der Waals surface area contributed by atoms with Crippen molar-refractivity contribution in [3.63, 3.8) is 0 Å². The van der Waals surface area contributed by atoms with Crippen molar-refractivity contribution in [2.75, 3.05) is 0 Å². The van der Waals surface area contributed by atoms with Crippen molar-refractivity contribution in [3.05, 3.63) is 0 Å². The highest BCUT2D eigenvalue weighted by molar-refractivity contribution is 5.83. The van der Waals surface area contributed by atoms with Crippen LogP contribution in [-0.4, -0.2) is 22.8 Å². The molecule has 0 saturated carbocycles. The quantitative estimate of drug-likeness (QED) is 0.453. The molecule has 6 nitrogen and oxygen atoms in total. The number of carboxylic acid groups (broad SMARTS) is 1. The monoisotopic (exact) mass is 215 g/mol. The number of amides is 2. The van der Waals surface area contributed by atoms with Crippen LogP contribution in [0, 0.1) is 5.92 Å². The van der Waals surface area contributed by atoms with E-state index in [0.29, 0.717) is 6.42 Å². The second-order valence-corrected chi connectivity index (χ2v) is 3.56. The Labute approximate surface area is 88.5 Å². The van der Waals surface area contributed by atoms with Crippen molar-refractivity contribution < 1.29 is 14.7 Å². The Morgan fingerprint density at radius 2 is 2.13 bits per heavy atom. The van der Waals surface area contributed by atoms with Gasteiger partial charge in [-0.3, -0.25) is 4.79 Å². The van der Waals surface area contributed by atoms with Crippen LogP contribution in [0.15, 0.2) is 5.10 Å². The highest BCUT2D eigenvalue weighted by Crippen LogP contribution is 2.10. The van der Waals surface area contributed by atoms with Gasteiger partial charge in [-0.05, 0) is 25.7 Å². The number of hydrazone groups is 1. The van der Waals surface area contributed by atoms with Crippen molar-refractivity contribution in [2.24, 2.45) is 16.8 Å². The number of primary amides is 1. The Morgan fingerprint density at radius 1 is 1.53 bits per heavy atom. The largest absolute Gasteiger partial charge is 0.481 e. The van der Waals surface area contributed by atoms with Crippen LogP contribution < -0.4 is 11.2 Å². The van der Waals surface area contributed by atoms with Crippen LogP contribution in [-0.2, 0) is 4.79 Å². The predicted molar refractivity (Wildman–Crippen MR) is 56.5 cm³/mol. The van der Waals surface area contributed by atoms with Gasteiger partial charge in [0.2, 0.25) is 0 Å². The maximum atomic E-state index is 10.4. The average molecular weight is 215 g/mol. The zero-order valence-electron chi connectivity index (χ0n) is 8.99. The summed E-state index contributed by atoms with van der Waals surface area (Å²) in [5.74, 6) is -0.700. The number of urea groups is 1. The molecule has 1 atom stereocenters. The number of nitrogens with one attached hydrogen (secondary N) is 1. The fourth-order valence-corrected chi connectivity index (χ4v) is 1.06. The summed E-state index contributed by atoms with van der Waals surface area (Å²) >= 11 is 0. The zero-order valence-corrected chi connectivity index (χ0v) is 8.99. The van der Waals surface area contributed by atoms with E-state index in [-0.39, 0.29) is 12.3 Å². The van der Waals surface area contributed by atoms with E-state index in [1.54, 1.807) is 6.92 Å². The van der Waals surface area contributed by atoms with Crippen LogP contribution in [0.1, 0.15) is 33.1 Å². The molecule has 6 heteroatoms. The number of nitrogens with zero attached hydrogens (tertiary/aromatic N) is 1. The molecule has 86 valence electrons. The highest BCUT2D eigenvalue weighted by Gasteiger charge is 2.07. The number of carboxylic acids is 1. The molecule has 0 aromatic rings. The summed E-state index contributed by atoms with van der Waals surface area (Å²) in [6.45, 7) is 3.62. The van der Waals surface area contributed by atoms with Gasteiger partial charge in [0.05, 0.1) is 0 Å². The maximum Gasteiger partial charge on any atom is 0.332 e. The van der Waals surface area contributed by atoms with Gasteiger partial charge in [-0.15, -0.1) is 0 Å². The first kappa shape index (κ1) is 13.4. The third-order valence-corrected chi connectivity index (χ3v) is 1.88. The second-order valence-electron chi connectivity index (χ2n) is 3.56. The van der Waals surface area contributed by atoms with Crippen LogP contribution in [0.5, 0.6) is 0 Å². The summed E-state index contributed by atoms with van der Waals surface area (Å²) in [4.78, 5) is 20.7. The first-order valence-corrected chi connectivity index (χ1v) is 4.72. The van der Waals surface area contributed by atoms with E-state index >= 15 is 0 Å². The second kappa shape index (κ2) is 6.80. The minimum absolute atomic E-state index is 0.0984. The molecule has 0 saturated heterocycles. The molecule has 15 heavy (non-hydrogen) atoms. The van der Waals surface area contributed by atoms with E-state index in [2.05, 4.69) is 10.5 Å². The summed E-state index contributed by atoms with van der Waals surface area (Å²) in [6.07, 6.45) is 1.52. The number of carbonyl (C=O) groups excluding carboxylic acids is 1. The van der Waals surface area contributed by atoms with Gasteiger partial charge in [0.25, 0.3) is 0 Å². The van der Waals surface area contributed by atoms with Crippen LogP contribution in [0.4, 0.5) is 4.79 Å². The van der Waals surface area contributed by atoms with Crippen molar-refractivity contribution in [3.8, 4) is 0 Å². The van der Waals surface area contributed by atoms with E-state index in [0.717, 1.165) is 12.1 Å². The van der Waals surface area contributed by atoms with Crippen LogP contribution in [0.25, 0.3) is 0 Å². The number of aliphatic carboxylic acids is 1. The Bertz CT molecular complexity index is 263. The minimum Gasteiger partial charge on any atom is -0.481 e. The average Bonchev–Trinajstić information content (AvgIpc) is 2.10. The summed E-state index contributed by atoms with van der Waals surface area (Å²) < 4.78 is 0. The Kier molecular flexibility index (Phi) is 6.08. The lowest BCUT2D eigenvalue weighted by atomic mass is 10.0. The van der Waals surface area contributed by atoms with E-state index < -0.39 is 12.0 Å². The zero-order chi connectivity index (χ0) is 11.8. The number of hydrogen-bond donors (Lipinski definition) is 3. The molecule has 0 spiro atoms. The first-order chi connectivity index (χ1) is 6.91. The van der Waals surface area contributed by atoms with Crippen LogP contribution in [0.3, 0.4) is 0 Å². The molecule has 0 fully saturated rings. The molecule has 0 aromatic heterocycles. The van der Waals surface area contributed by atoms with E-state index in [4.69, 9.17) is 10.8 Å². The molecule has 0 rings (SSSR count). The van der Waals surface area contributed by atoms with Gasteiger partial charge < -0.3 is 10.8 Å². The van der Waals surface area contributed by atoms with Gasteiger partial charge in [0.1, 0.15) is 0 Å². The van der Waals surface area contributed by atoms with Crippen LogP contribution in [0.2, 0.25) is 0 Å². The fraction of sp³-hybridized carbons (Fsp3) is 0.667. The van der Waals surface area contributed by atoms with Gasteiger partial charge in [-0.1, -0.05) is 6.92 Å². The number of hydrogen-bond acceptors (Lipinski definition) is 3. The van der Waals surface area contributed by atoms with Gasteiger partial charge in [-0.2, -0.15) is 5.10 Å².